The van der Waals surface area contributed by atoms with Gasteiger partial charge in [0, 0.05) is 12.0 Å². The molecule has 2 heteroatoms. The SMILES string of the molecule is CC(C)CC12CC3CC(C1)NC(=O)C(C3)C2. The summed E-state index contributed by atoms with van der Waals surface area (Å²) in [5.74, 6) is 2.30. The first-order valence-electron chi connectivity index (χ1n) is 6.87. The molecule has 1 N–H and O–H groups in total. The summed E-state index contributed by atoms with van der Waals surface area (Å²) in [6, 6.07) is 0.498. The molecule has 2 nitrogen and oxygen atoms in total. The van der Waals surface area contributed by atoms with E-state index in [1.165, 1.54) is 38.5 Å². The lowest BCUT2D eigenvalue weighted by Gasteiger charge is -2.48. The van der Waals surface area contributed by atoms with Gasteiger partial charge in [0.15, 0.2) is 0 Å². The lowest BCUT2D eigenvalue weighted by Crippen LogP contribution is -2.42. The van der Waals surface area contributed by atoms with Gasteiger partial charge in [0.1, 0.15) is 0 Å². The van der Waals surface area contributed by atoms with E-state index < -0.39 is 0 Å². The molecule has 2 saturated heterocycles. The molecule has 2 aliphatic heterocycles. The normalized spacial score (nSPS) is 45.9. The topological polar surface area (TPSA) is 29.1 Å². The molecular formula is C14H23NO. The number of amides is 1. The van der Waals surface area contributed by atoms with Crippen molar-refractivity contribution in [2.75, 3.05) is 0 Å². The second kappa shape index (κ2) is 3.48. The van der Waals surface area contributed by atoms with Crippen molar-refractivity contribution in [3.05, 3.63) is 0 Å². The summed E-state index contributed by atoms with van der Waals surface area (Å²) in [6.07, 6.45) is 7.57. The van der Waals surface area contributed by atoms with Crippen LogP contribution in [0.25, 0.3) is 0 Å². The molecule has 0 aromatic rings. The summed E-state index contributed by atoms with van der Waals surface area (Å²) >= 11 is 0. The molecule has 1 amide bonds. The molecule has 0 aromatic heterocycles. The van der Waals surface area contributed by atoms with Gasteiger partial charge in [-0.05, 0) is 55.8 Å². The minimum Gasteiger partial charge on any atom is -0.353 e. The largest absolute Gasteiger partial charge is 0.353 e. The highest BCUT2D eigenvalue weighted by Crippen LogP contribution is 2.55. The number of hydrogen-bond acceptors (Lipinski definition) is 1. The molecule has 0 aromatic carbocycles. The Hall–Kier alpha value is -0.530. The molecular weight excluding hydrogens is 198 g/mol. The van der Waals surface area contributed by atoms with E-state index >= 15 is 0 Å². The average molecular weight is 221 g/mol. The standard InChI is InChI=1S/C14H23NO/c1-9(2)5-14-6-10-3-11(7-14)13(16)15-12(4-10)8-14/h9-12H,3-8H2,1-2H3,(H,15,16). The fourth-order valence-corrected chi connectivity index (χ4v) is 4.89. The smallest absolute Gasteiger partial charge is 0.223 e. The highest BCUT2D eigenvalue weighted by molar-refractivity contribution is 5.80. The van der Waals surface area contributed by atoms with Gasteiger partial charge in [-0.15, -0.1) is 0 Å². The van der Waals surface area contributed by atoms with Crippen LogP contribution in [-0.2, 0) is 4.79 Å². The maximum absolute atomic E-state index is 12.0. The predicted octanol–water partition coefficient (Wildman–Crippen LogP) is 2.73. The number of hydrogen-bond donors (Lipinski definition) is 1. The van der Waals surface area contributed by atoms with E-state index in [9.17, 15) is 4.79 Å². The Morgan fingerprint density at radius 3 is 2.88 bits per heavy atom. The first-order chi connectivity index (χ1) is 7.56. The molecule has 4 aliphatic rings. The van der Waals surface area contributed by atoms with Gasteiger partial charge < -0.3 is 5.32 Å². The second-order valence-electron chi connectivity index (χ2n) is 6.95. The molecule has 4 atom stereocenters. The molecule has 16 heavy (non-hydrogen) atoms. The van der Waals surface area contributed by atoms with Crippen molar-refractivity contribution in [2.24, 2.45) is 23.2 Å². The Labute approximate surface area is 98.2 Å². The lowest BCUT2D eigenvalue weighted by molar-refractivity contribution is -0.126. The number of carbonyl (C=O) groups excluding carboxylic acids is 1. The number of nitrogens with one attached hydrogen (secondary N) is 1. The van der Waals surface area contributed by atoms with E-state index in [4.69, 9.17) is 0 Å². The van der Waals surface area contributed by atoms with Crippen LogP contribution in [0.5, 0.6) is 0 Å². The van der Waals surface area contributed by atoms with Crippen molar-refractivity contribution in [3.8, 4) is 0 Å². The van der Waals surface area contributed by atoms with Crippen LogP contribution in [0.1, 0.15) is 52.4 Å². The predicted molar refractivity (Wildman–Crippen MR) is 63.9 cm³/mol. The summed E-state index contributed by atoms with van der Waals surface area (Å²) in [6.45, 7) is 4.65. The molecule has 0 spiro atoms. The van der Waals surface area contributed by atoms with Gasteiger partial charge in [0.2, 0.25) is 5.91 Å². The van der Waals surface area contributed by atoms with Crippen molar-refractivity contribution in [2.45, 2.75) is 58.4 Å². The van der Waals surface area contributed by atoms with E-state index in [1.807, 2.05) is 0 Å². The van der Waals surface area contributed by atoms with Crippen molar-refractivity contribution >= 4 is 5.91 Å². The van der Waals surface area contributed by atoms with Crippen molar-refractivity contribution in [1.82, 2.24) is 5.32 Å². The van der Waals surface area contributed by atoms with Gasteiger partial charge in [-0.25, -0.2) is 0 Å². The van der Waals surface area contributed by atoms with Gasteiger partial charge >= 0.3 is 0 Å². The quantitative estimate of drug-likeness (QED) is 0.763. The third-order valence-electron chi connectivity index (χ3n) is 4.87. The van der Waals surface area contributed by atoms with Crippen LogP contribution in [0.3, 0.4) is 0 Å². The van der Waals surface area contributed by atoms with Gasteiger partial charge in [-0.1, -0.05) is 13.8 Å². The zero-order valence-corrected chi connectivity index (χ0v) is 10.5. The highest BCUT2D eigenvalue weighted by Gasteiger charge is 2.50. The first-order valence-corrected chi connectivity index (χ1v) is 6.87. The van der Waals surface area contributed by atoms with Crippen LogP contribution >= 0.6 is 0 Å². The molecule has 2 saturated carbocycles. The average Bonchev–Trinajstić information content (AvgIpc) is 2.27. The fourth-order valence-electron chi connectivity index (χ4n) is 4.89. The first kappa shape index (κ1) is 10.6. The van der Waals surface area contributed by atoms with E-state index in [2.05, 4.69) is 19.2 Å². The van der Waals surface area contributed by atoms with Gasteiger partial charge in [-0.3, -0.25) is 4.79 Å². The van der Waals surface area contributed by atoms with Crippen LogP contribution in [-0.4, -0.2) is 11.9 Å². The zero-order valence-electron chi connectivity index (χ0n) is 10.5. The van der Waals surface area contributed by atoms with Gasteiger partial charge in [0.25, 0.3) is 0 Å². The van der Waals surface area contributed by atoms with Crippen LogP contribution < -0.4 is 5.32 Å². The monoisotopic (exact) mass is 221 g/mol. The Morgan fingerprint density at radius 1 is 1.31 bits per heavy atom. The van der Waals surface area contributed by atoms with Crippen LogP contribution in [0.15, 0.2) is 0 Å². The molecule has 4 fully saturated rings. The molecule has 4 unspecified atom stereocenters. The lowest BCUT2D eigenvalue weighted by atomic mass is 9.56. The molecule has 0 radical (unpaired) electrons. The van der Waals surface area contributed by atoms with Gasteiger partial charge in [-0.2, -0.15) is 0 Å². The summed E-state index contributed by atoms with van der Waals surface area (Å²) in [4.78, 5) is 12.0. The maximum atomic E-state index is 12.0. The summed E-state index contributed by atoms with van der Waals surface area (Å²) in [5, 5.41) is 3.26. The number of fused-ring (bicyclic) bond motifs is 1. The Morgan fingerprint density at radius 2 is 2.12 bits per heavy atom. The van der Waals surface area contributed by atoms with Gasteiger partial charge in [0.05, 0.1) is 0 Å². The second-order valence-corrected chi connectivity index (χ2v) is 6.95. The van der Waals surface area contributed by atoms with E-state index in [0.29, 0.717) is 23.3 Å². The summed E-state index contributed by atoms with van der Waals surface area (Å²) < 4.78 is 0. The molecule has 2 aliphatic carbocycles. The Kier molecular flexibility index (Phi) is 2.31. The molecule has 2 heterocycles. The minimum absolute atomic E-state index is 0.338. The zero-order chi connectivity index (χ0) is 11.3. The van der Waals surface area contributed by atoms with Crippen LogP contribution in [0, 0.1) is 23.2 Å². The number of carbonyl (C=O) groups is 1. The van der Waals surface area contributed by atoms with E-state index in [-0.39, 0.29) is 0 Å². The highest BCUT2D eigenvalue weighted by atomic mass is 16.2. The number of rotatable bonds is 2. The van der Waals surface area contributed by atoms with Crippen molar-refractivity contribution in [1.29, 1.82) is 0 Å². The van der Waals surface area contributed by atoms with E-state index in [0.717, 1.165) is 11.8 Å². The fraction of sp³-hybridized carbons (Fsp3) is 0.929. The molecule has 90 valence electrons. The van der Waals surface area contributed by atoms with Crippen LogP contribution in [0.2, 0.25) is 0 Å². The van der Waals surface area contributed by atoms with Crippen molar-refractivity contribution in [3.63, 3.8) is 0 Å². The third kappa shape index (κ3) is 1.66. The Bertz CT molecular complexity index is 308. The molecule has 4 rings (SSSR count). The third-order valence-corrected chi connectivity index (χ3v) is 4.87. The van der Waals surface area contributed by atoms with Crippen LogP contribution in [0.4, 0.5) is 0 Å². The van der Waals surface area contributed by atoms with Crippen molar-refractivity contribution < 1.29 is 4.79 Å². The summed E-state index contributed by atoms with van der Waals surface area (Å²) in [7, 11) is 0. The molecule has 4 bridgehead atoms. The summed E-state index contributed by atoms with van der Waals surface area (Å²) in [5.41, 5.74) is 0.504. The Balaban J connectivity index is 1.89. The minimum atomic E-state index is 0.338. The van der Waals surface area contributed by atoms with E-state index in [1.54, 1.807) is 0 Å². The maximum Gasteiger partial charge on any atom is 0.223 e.